The highest BCUT2D eigenvalue weighted by atomic mass is 32.2. The van der Waals surface area contributed by atoms with Crippen LogP contribution in [0.2, 0.25) is 0 Å². The fourth-order valence-corrected chi connectivity index (χ4v) is 3.17. The molecule has 2 unspecified atom stereocenters. The molecule has 0 aliphatic rings. The highest BCUT2D eigenvalue weighted by molar-refractivity contribution is 8.00. The number of amides is 1. The van der Waals surface area contributed by atoms with Crippen LogP contribution in [0.1, 0.15) is 47.0 Å². The summed E-state index contributed by atoms with van der Waals surface area (Å²) in [6, 6.07) is 6.58. The fraction of sp³-hybridized carbons (Fsp3) is 0.588. The third-order valence-electron chi connectivity index (χ3n) is 3.87. The Labute approximate surface area is 142 Å². The molecule has 0 aliphatic carbocycles. The smallest absolute Gasteiger partial charge is 0.269 e. The molecule has 0 bridgehead atoms. The van der Waals surface area contributed by atoms with Crippen molar-refractivity contribution in [2.75, 3.05) is 6.54 Å². The lowest BCUT2D eigenvalue weighted by Gasteiger charge is -2.31. The number of unbranched alkanes of at least 4 members (excludes halogenated alkanes) is 1. The van der Waals surface area contributed by atoms with Crippen LogP contribution in [0, 0.1) is 10.1 Å². The van der Waals surface area contributed by atoms with Crippen LogP contribution in [0.25, 0.3) is 0 Å². The molecular formula is C17H26N2O3S. The Hall–Kier alpha value is -1.56. The Morgan fingerprint density at radius 3 is 2.35 bits per heavy atom. The molecule has 1 aromatic rings. The highest BCUT2D eigenvalue weighted by Gasteiger charge is 2.24. The van der Waals surface area contributed by atoms with Crippen LogP contribution < -0.4 is 0 Å². The van der Waals surface area contributed by atoms with Crippen molar-refractivity contribution in [3.05, 3.63) is 34.4 Å². The summed E-state index contributed by atoms with van der Waals surface area (Å²) in [5.74, 6) is 0.135. The lowest BCUT2D eigenvalue weighted by molar-refractivity contribution is -0.384. The van der Waals surface area contributed by atoms with E-state index >= 15 is 0 Å². The maximum atomic E-state index is 12.7. The van der Waals surface area contributed by atoms with Gasteiger partial charge < -0.3 is 4.90 Å². The van der Waals surface area contributed by atoms with Crippen molar-refractivity contribution in [2.24, 2.45) is 0 Å². The number of nitro groups is 1. The van der Waals surface area contributed by atoms with Gasteiger partial charge in [-0.2, -0.15) is 0 Å². The summed E-state index contributed by atoms with van der Waals surface area (Å²) in [6.07, 6.45) is 3.00. The van der Waals surface area contributed by atoms with Crippen LogP contribution in [0.3, 0.4) is 0 Å². The van der Waals surface area contributed by atoms with E-state index in [1.807, 2.05) is 11.8 Å². The minimum atomic E-state index is -0.418. The predicted molar refractivity (Wildman–Crippen MR) is 94.8 cm³/mol. The Morgan fingerprint density at radius 1 is 1.26 bits per heavy atom. The molecule has 1 amide bonds. The van der Waals surface area contributed by atoms with Crippen molar-refractivity contribution in [1.29, 1.82) is 0 Å². The minimum Gasteiger partial charge on any atom is -0.339 e. The predicted octanol–water partition coefficient (Wildman–Crippen LogP) is 4.50. The first-order valence-electron chi connectivity index (χ1n) is 8.12. The van der Waals surface area contributed by atoms with Crippen molar-refractivity contribution < 1.29 is 9.72 Å². The van der Waals surface area contributed by atoms with Gasteiger partial charge in [0.15, 0.2) is 0 Å². The molecule has 0 spiro atoms. The molecule has 0 N–H and O–H groups in total. The second kappa shape index (κ2) is 9.55. The van der Waals surface area contributed by atoms with E-state index in [2.05, 4.69) is 20.8 Å². The van der Waals surface area contributed by atoms with Crippen LogP contribution in [0.5, 0.6) is 0 Å². The first-order valence-corrected chi connectivity index (χ1v) is 9.00. The maximum absolute atomic E-state index is 12.7. The minimum absolute atomic E-state index is 0.0671. The average molecular weight is 338 g/mol. The van der Waals surface area contributed by atoms with Crippen LogP contribution in [-0.4, -0.2) is 33.6 Å². The number of hydrogen-bond donors (Lipinski definition) is 0. The summed E-state index contributed by atoms with van der Waals surface area (Å²) >= 11 is 1.45. The molecule has 0 aliphatic heterocycles. The van der Waals surface area contributed by atoms with Crippen molar-refractivity contribution >= 4 is 23.4 Å². The molecule has 6 heteroatoms. The lowest BCUT2D eigenvalue weighted by Crippen LogP contribution is -2.43. The van der Waals surface area contributed by atoms with E-state index in [4.69, 9.17) is 0 Å². The van der Waals surface area contributed by atoms with Gasteiger partial charge in [0, 0.05) is 29.6 Å². The van der Waals surface area contributed by atoms with Crippen LogP contribution in [0.15, 0.2) is 29.2 Å². The van der Waals surface area contributed by atoms with Gasteiger partial charge in [-0.3, -0.25) is 14.9 Å². The van der Waals surface area contributed by atoms with Gasteiger partial charge in [-0.05, 0) is 38.8 Å². The lowest BCUT2D eigenvalue weighted by atomic mass is 10.2. The number of rotatable bonds is 9. The number of nitrogens with zero attached hydrogens (tertiary/aromatic N) is 2. The van der Waals surface area contributed by atoms with E-state index in [1.54, 1.807) is 12.1 Å². The second-order valence-corrected chi connectivity index (χ2v) is 7.07. The maximum Gasteiger partial charge on any atom is 0.269 e. The molecule has 2 atom stereocenters. The third kappa shape index (κ3) is 5.86. The quantitative estimate of drug-likeness (QED) is 0.378. The number of nitro benzene ring substituents is 1. The van der Waals surface area contributed by atoms with Gasteiger partial charge in [0.2, 0.25) is 5.91 Å². The van der Waals surface area contributed by atoms with Gasteiger partial charge in [0.1, 0.15) is 0 Å². The summed E-state index contributed by atoms with van der Waals surface area (Å²) < 4.78 is 0. The molecule has 0 aromatic heterocycles. The van der Waals surface area contributed by atoms with E-state index < -0.39 is 4.92 Å². The number of thioether (sulfide) groups is 1. The first kappa shape index (κ1) is 19.5. The van der Waals surface area contributed by atoms with Gasteiger partial charge in [-0.25, -0.2) is 0 Å². The van der Waals surface area contributed by atoms with E-state index in [9.17, 15) is 14.9 Å². The number of benzene rings is 1. The van der Waals surface area contributed by atoms with Gasteiger partial charge >= 0.3 is 0 Å². The molecule has 0 saturated carbocycles. The van der Waals surface area contributed by atoms with E-state index in [0.29, 0.717) is 0 Å². The third-order valence-corrected chi connectivity index (χ3v) is 4.97. The summed E-state index contributed by atoms with van der Waals surface area (Å²) in [5, 5.41) is 10.5. The van der Waals surface area contributed by atoms with Crippen molar-refractivity contribution in [3.63, 3.8) is 0 Å². The number of carbonyl (C=O) groups is 1. The van der Waals surface area contributed by atoms with Gasteiger partial charge in [0.25, 0.3) is 5.69 Å². The fourth-order valence-electron chi connectivity index (χ4n) is 2.23. The van der Waals surface area contributed by atoms with Crippen LogP contribution in [0.4, 0.5) is 5.69 Å². The molecule has 0 fully saturated rings. The topological polar surface area (TPSA) is 63.5 Å². The van der Waals surface area contributed by atoms with E-state index in [-0.39, 0.29) is 22.9 Å². The van der Waals surface area contributed by atoms with Gasteiger partial charge in [-0.1, -0.05) is 20.3 Å². The monoisotopic (exact) mass is 338 g/mol. The molecule has 5 nitrogen and oxygen atoms in total. The zero-order valence-electron chi connectivity index (χ0n) is 14.3. The standard InChI is InChI=1S/C17H26N2O3S/c1-5-7-12-18(13(3)6-2)17(20)14(4)23-16-10-8-15(9-11-16)19(21)22/h8-11,13-14H,5-7,12H2,1-4H3. The molecular weight excluding hydrogens is 312 g/mol. The number of non-ortho nitro benzene ring substituents is 1. The summed E-state index contributed by atoms with van der Waals surface area (Å²) in [5.41, 5.74) is 0.0671. The highest BCUT2D eigenvalue weighted by Crippen LogP contribution is 2.27. The van der Waals surface area contributed by atoms with Crippen molar-refractivity contribution in [1.82, 2.24) is 4.90 Å². The average Bonchev–Trinajstić information content (AvgIpc) is 2.55. The zero-order chi connectivity index (χ0) is 17.4. The number of carbonyl (C=O) groups excluding carboxylic acids is 1. The Balaban J connectivity index is 2.74. The summed E-state index contributed by atoms with van der Waals surface area (Å²) in [7, 11) is 0. The molecule has 128 valence electrons. The summed E-state index contributed by atoms with van der Waals surface area (Å²) in [6.45, 7) is 8.97. The molecule has 23 heavy (non-hydrogen) atoms. The zero-order valence-corrected chi connectivity index (χ0v) is 15.1. The van der Waals surface area contributed by atoms with E-state index in [1.165, 1.54) is 23.9 Å². The SMILES string of the molecule is CCCCN(C(=O)C(C)Sc1ccc([N+](=O)[O-])cc1)C(C)CC. The Kier molecular flexibility index (Phi) is 8.09. The second-order valence-electron chi connectivity index (χ2n) is 5.65. The summed E-state index contributed by atoms with van der Waals surface area (Å²) in [4.78, 5) is 25.8. The Morgan fingerprint density at radius 2 is 1.87 bits per heavy atom. The number of hydrogen-bond acceptors (Lipinski definition) is 4. The van der Waals surface area contributed by atoms with Gasteiger partial charge in [0.05, 0.1) is 10.2 Å². The van der Waals surface area contributed by atoms with Crippen LogP contribution in [-0.2, 0) is 4.79 Å². The molecule has 0 radical (unpaired) electrons. The van der Waals surface area contributed by atoms with Crippen molar-refractivity contribution in [2.45, 2.75) is 63.1 Å². The molecule has 1 aromatic carbocycles. The molecule has 1 rings (SSSR count). The normalized spacial score (nSPS) is 13.4. The van der Waals surface area contributed by atoms with Gasteiger partial charge in [-0.15, -0.1) is 11.8 Å². The van der Waals surface area contributed by atoms with Crippen LogP contribution >= 0.6 is 11.8 Å². The Bertz CT molecular complexity index is 519. The van der Waals surface area contributed by atoms with E-state index in [0.717, 1.165) is 30.7 Å². The molecule has 0 saturated heterocycles. The molecule has 0 heterocycles. The largest absolute Gasteiger partial charge is 0.339 e. The first-order chi connectivity index (χ1) is 10.9. The van der Waals surface area contributed by atoms with Crippen molar-refractivity contribution in [3.8, 4) is 0 Å².